The lowest BCUT2D eigenvalue weighted by atomic mass is 9.85. The van der Waals surface area contributed by atoms with Gasteiger partial charge in [0.2, 0.25) is 17.7 Å². The van der Waals surface area contributed by atoms with E-state index in [4.69, 9.17) is 4.74 Å². The Morgan fingerprint density at radius 2 is 1.78 bits per heavy atom. The molecule has 390 valence electrons. The highest BCUT2D eigenvalue weighted by atomic mass is 32.1. The van der Waals surface area contributed by atoms with E-state index in [0.717, 1.165) is 77.7 Å². The number of β-amino-alcohol motifs (C(OH)–C–C–N with tert-alkyl or cyclic N) is 1. The number of hydrogen-bond acceptors (Lipinski definition) is 10. The maximum absolute atomic E-state index is 15.0. The molecule has 8 rings (SSSR count). The van der Waals surface area contributed by atoms with Crippen molar-refractivity contribution >= 4 is 56.9 Å². The zero-order valence-corrected chi connectivity index (χ0v) is 44.2. The number of amides is 3. The molecule has 73 heavy (non-hydrogen) atoms. The fourth-order valence-corrected chi connectivity index (χ4v) is 11.4. The van der Waals surface area contributed by atoms with Gasteiger partial charge in [-0.2, -0.15) is 5.10 Å². The summed E-state index contributed by atoms with van der Waals surface area (Å²) in [6.07, 6.45) is 12.9. The highest BCUT2D eigenvalue weighted by molar-refractivity contribution is 7.11. The number of pyridine rings is 1. The summed E-state index contributed by atoms with van der Waals surface area (Å²) in [6, 6.07) is 7.12. The number of nitrogens with one attached hydrogen (secondary N) is 2. The second-order valence-electron chi connectivity index (χ2n) is 21.1. The molecule has 5 atom stereocenters. The third-order valence-electron chi connectivity index (χ3n) is 14.8. The van der Waals surface area contributed by atoms with Gasteiger partial charge in [-0.25, -0.2) is 13.8 Å². The molecule has 3 amide bonds. The van der Waals surface area contributed by atoms with E-state index in [1.165, 1.54) is 4.90 Å². The number of carbonyl (C=O) groups is 3. The van der Waals surface area contributed by atoms with E-state index in [1.807, 2.05) is 70.6 Å². The quantitative estimate of drug-likeness (QED) is 0.0726. The lowest BCUT2D eigenvalue weighted by molar-refractivity contribution is -0.144. The molecule has 0 bridgehead atoms. The van der Waals surface area contributed by atoms with Crippen LogP contribution in [-0.2, 0) is 34.4 Å². The van der Waals surface area contributed by atoms with Crippen molar-refractivity contribution in [3.63, 3.8) is 0 Å². The number of alkyl halides is 2. The molecule has 5 aromatic rings. The number of ether oxygens (including phenoxy) is 1. The molecule has 2 aliphatic heterocycles. The molecule has 3 aliphatic rings. The average molecular weight is 1020 g/mol. The number of aromatic nitrogens is 4. The molecule has 0 spiro atoms. The summed E-state index contributed by atoms with van der Waals surface area (Å²) in [7, 11) is 3.30. The van der Waals surface area contributed by atoms with Crippen LogP contribution in [0.15, 0.2) is 71.3 Å². The molecule has 0 saturated carbocycles. The fourth-order valence-electron chi connectivity index (χ4n) is 10.6. The Morgan fingerprint density at radius 1 is 1.01 bits per heavy atom. The van der Waals surface area contributed by atoms with Crippen LogP contribution in [0.25, 0.3) is 27.6 Å². The summed E-state index contributed by atoms with van der Waals surface area (Å²) >= 11 is 1.60. The van der Waals surface area contributed by atoms with Gasteiger partial charge in [-0.3, -0.25) is 23.9 Å². The minimum absolute atomic E-state index is 0.0105. The van der Waals surface area contributed by atoms with E-state index in [1.54, 1.807) is 53.9 Å². The number of aliphatic hydroxyl groups is 1. The maximum Gasteiger partial charge on any atom is 0.264 e. The molecule has 1 unspecified atom stereocenters. The van der Waals surface area contributed by atoms with Gasteiger partial charge >= 0.3 is 0 Å². The Bertz CT molecular complexity index is 2970. The van der Waals surface area contributed by atoms with Crippen molar-refractivity contribution in [2.45, 2.75) is 143 Å². The molecule has 3 aromatic heterocycles. The number of carbonyl (C=O) groups excluding carboxylic acids is 3. The molecule has 1 fully saturated rings. The average Bonchev–Trinajstić information content (AvgIpc) is 4.13. The summed E-state index contributed by atoms with van der Waals surface area (Å²) in [5.41, 5.74) is 7.96. The largest absolute Gasteiger partial charge is 0.497 e. The fraction of sp³-hybridized carbons (Fsp3) is 0.500. The number of rotatable bonds is 18. The van der Waals surface area contributed by atoms with Gasteiger partial charge in [0.05, 0.1) is 46.7 Å². The summed E-state index contributed by atoms with van der Waals surface area (Å²) in [5.74, 6) is -0.311. The SMILES string of the molecule is COc1cc(N2CCCc3cc(-c4cnn(CCCCCCCC(=O)N[C@H](C(=O)N5C[C@H](O)C[C@H]5C(=O)N[C@@H](C)C5C=CC(c6scnc6C)=CC5)C(C)(C)C)c4)c(C(F)F)cc32)c2cc(C)c(=O)n(C)c2c1. The number of halogens is 2. The number of nitrogens with zero attached hydrogens (tertiary/aromatic N) is 6. The standard InChI is InChI=1S/C56H70F2N8O6S/c1-33-23-44-46(63(7)54(33)70)26-41(72-8)27-47(44)65-22-14-15-38-24-42(43(52(57)58)28-45(38)65)39-29-60-64(30-39)21-13-11-9-10-12-16-49(68)62-51(56(4,5)6)55(71)66-31-40(67)25-48(66)53(69)61-34(2)36-17-19-37(20-18-36)50-35(3)59-32-73-50/h17,19-20,23-24,26-30,32,34,36,40,48,51-52,67H,9-16,18,21-22,25,31H2,1-8H3,(H,61,69)(H,62,68)/t34-,36?,40+,48-,51+/m0/s1. The van der Waals surface area contributed by atoms with Crippen LogP contribution in [-0.4, -0.2) is 91.5 Å². The molecule has 2 aromatic carbocycles. The Labute approximate surface area is 430 Å². The lowest BCUT2D eigenvalue weighted by Gasteiger charge is -2.36. The first-order valence-electron chi connectivity index (χ1n) is 25.6. The van der Waals surface area contributed by atoms with E-state index < -0.39 is 30.0 Å². The molecule has 3 N–H and O–H groups in total. The number of likely N-dealkylation sites (tertiary alicyclic amines) is 1. The van der Waals surface area contributed by atoms with Crippen molar-refractivity contribution in [2.24, 2.45) is 18.4 Å². The van der Waals surface area contributed by atoms with E-state index in [9.17, 15) is 33.1 Å². The molecular weight excluding hydrogens is 951 g/mol. The monoisotopic (exact) mass is 1020 g/mol. The number of methoxy groups -OCH3 is 1. The predicted octanol–water partition coefficient (Wildman–Crippen LogP) is 9.50. The molecule has 1 saturated heterocycles. The first-order chi connectivity index (χ1) is 34.8. The van der Waals surface area contributed by atoms with Crippen molar-refractivity contribution in [3.05, 3.63) is 104 Å². The number of aryl methyl sites for hydroxylation is 5. The third-order valence-corrected chi connectivity index (χ3v) is 15.8. The van der Waals surface area contributed by atoms with Gasteiger partial charge in [0, 0.05) is 97.6 Å². The van der Waals surface area contributed by atoms with Gasteiger partial charge in [-0.05, 0) is 93.2 Å². The Balaban J connectivity index is 0.818. The van der Waals surface area contributed by atoms with Gasteiger partial charge in [-0.1, -0.05) is 58.3 Å². The lowest BCUT2D eigenvalue weighted by Crippen LogP contribution is -2.58. The van der Waals surface area contributed by atoms with Crippen LogP contribution >= 0.6 is 11.3 Å². The summed E-state index contributed by atoms with van der Waals surface area (Å²) in [5, 5.41) is 22.2. The molecular formula is C56H70F2N8O6S. The van der Waals surface area contributed by atoms with Crippen molar-refractivity contribution < 1.29 is 33.0 Å². The summed E-state index contributed by atoms with van der Waals surface area (Å²) in [4.78, 5) is 63.1. The highest BCUT2D eigenvalue weighted by Crippen LogP contribution is 2.44. The van der Waals surface area contributed by atoms with Crippen LogP contribution < -0.4 is 25.8 Å². The van der Waals surface area contributed by atoms with E-state index in [0.29, 0.717) is 53.2 Å². The van der Waals surface area contributed by atoms with Crippen LogP contribution in [0.2, 0.25) is 0 Å². The van der Waals surface area contributed by atoms with Crippen LogP contribution in [0.4, 0.5) is 20.2 Å². The van der Waals surface area contributed by atoms with E-state index in [2.05, 4.69) is 43.8 Å². The summed E-state index contributed by atoms with van der Waals surface area (Å²) in [6.45, 7) is 12.6. The topological polar surface area (TPSA) is 164 Å². The Morgan fingerprint density at radius 3 is 2.48 bits per heavy atom. The Kier molecular flexibility index (Phi) is 16.4. The number of aliphatic hydroxyl groups excluding tert-OH is 1. The molecule has 0 radical (unpaired) electrons. The van der Waals surface area contributed by atoms with Crippen LogP contribution in [0.1, 0.15) is 119 Å². The first kappa shape index (κ1) is 53.1. The van der Waals surface area contributed by atoms with Gasteiger partial charge < -0.3 is 34.8 Å². The van der Waals surface area contributed by atoms with E-state index >= 15 is 0 Å². The molecule has 17 heteroatoms. The van der Waals surface area contributed by atoms with Gasteiger partial charge in [0.25, 0.3) is 12.0 Å². The third kappa shape index (κ3) is 11.8. The van der Waals surface area contributed by atoms with Gasteiger partial charge in [0.15, 0.2) is 0 Å². The van der Waals surface area contributed by atoms with Gasteiger partial charge in [0.1, 0.15) is 17.8 Å². The number of fused-ring (bicyclic) bond motifs is 2. The number of allylic oxidation sites excluding steroid dienone is 3. The zero-order chi connectivity index (χ0) is 52.3. The number of benzene rings is 2. The zero-order valence-electron chi connectivity index (χ0n) is 43.3. The minimum atomic E-state index is -2.73. The normalized spacial score (nSPS) is 18.7. The predicted molar refractivity (Wildman–Crippen MR) is 283 cm³/mol. The van der Waals surface area contributed by atoms with Crippen molar-refractivity contribution in [3.8, 4) is 16.9 Å². The maximum atomic E-state index is 15.0. The second kappa shape index (κ2) is 22.5. The highest BCUT2D eigenvalue weighted by Gasteiger charge is 2.45. The number of hydrogen-bond donors (Lipinski definition) is 3. The minimum Gasteiger partial charge on any atom is -0.497 e. The second-order valence-corrected chi connectivity index (χ2v) is 22.0. The van der Waals surface area contributed by atoms with Crippen LogP contribution in [0, 0.1) is 25.2 Å². The number of thiazole rings is 1. The van der Waals surface area contributed by atoms with Crippen molar-refractivity contribution in [1.29, 1.82) is 0 Å². The van der Waals surface area contributed by atoms with Crippen LogP contribution in [0.3, 0.4) is 0 Å². The molecule has 14 nitrogen and oxygen atoms in total. The van der Waals surface area contributed by atoms with Gasteiger partial charge in [-0.15, -0.1) is 11.3 Å². The van der Waals surface area contributed by atoms with Crippen LogP contribution in [0.5, 0.6) is 5.75 Å². The molecule has 5 heterocycles. The Hall–Kier alpha value is -6.20. The number of anilines is 2. The van der Waals surface area contributed by atoms with Crippen molar-refractivity contribution in [2.75, 3.05) is 25.1 Å². The number of unbranched alkanes of at least 4 members (excludes halogenated alkanes) is 4. The summed E-state index contributed by atoms with van der Waals surface area (Å²) < 4.78 is 39.0. The van der Waals surface area contributed by atoms with E-state index in [-0.39, 0.29) is 60.2 Å². The molecule has 1 aliphatic carbocycles. The smallest absolute Gasteiger partial charge is 0.264 e. The van der Waals surface area contributed by atoms with Crippen molar-refractivity contribution in [1.82, 2.24) is 34.9 Å². The first-order valence-corrected chi connectivity index (χ1v) is 26.5.